The van der Waals surface area contributed by atoms with E-state index >= 15 is 0 Å². The molecule has 1 aromatic heterocycles. The highest BCUT2D eigenvalue weighted by Crippen LogP contribution is 2.22. The fourth-order valence-corrected chi connectivity index (χ4v) is 2.95. The van der Waals surface area contributed by atoms with Crippen LogP contribution in [0.3, 0.4) is 0 Å². The Labute approximate surface area is 134 Å². The molecule has 0 saturated carbocycles. The molecular formula is C17H21NO3S. The Balaban J connectivity index is 1.97. The van der Waals surface area contributed by atoms with Gasteiger partial charge < -0.3 is 14.8 Å². The molecule has 1 amide bonds. The zero-order valence-corrected chi connectivity index (χ0v) is 13.7. The van der Waals surface area contributed by atoms with Gasteiger partial charge in [0.1, 0.15) is 5.76 Å². The maximum Gasteiger partial charge on any atom is 0.252 e. The van der Waals surface area contributed by atoms with Crippen LogP contribution in [0.4, 0.5) is 0 Å². The lowest BCUT2D eigenvalue weighted by molar-refractivity contribution is 0.0509. The lowest BCUT2D eigenvalue weighted by atomic mass is 10.0. The first-order chi connectivity index (χ1) is 10.5. The van der Waals surface area contributed by atoms with Gasteiger partial charge in [0, 0.05) is 17.9 Å². The van der Waals surface area contributed by atoms with E-state index in [0.717, 1.165) is 10.6 Å². The van der Waals surface area contributed by atoms with E-state index in [1.807, 2.05) is 31.2 Å². The minimum atomic E-state index is -1.06. The van der Waals surface area contributed by atoms with E-state index < -0.39 is 5.60 Å². The minimum Gasteiger partial charge on any atom is -0.469 e. The van der Waals surface area contributed by atoms with Gasteiger partial charge in [0.15, 0.2) is 0 Å². The molecule has 0 saturated heterocycles. The van der Waals surface area contributed by atoms with Gasteiger partial charge in [0.25, 0.3) is 5.91 Å². The average molecular weight is 319 g/mol. The summed E-state index contributed by atoms with van der Waals surface area (Å²) in [5.41, 5.74) is -0.413. The number of aliphatic hydroxyl groups is 1. The Kier molecular flexibility index (Phi) is 5.69. The van der Waals surface area contributed by atoms with E-state index in [2.05, 4.69) is 5.32 Å². The molecule has 2 rings (SSSR count). The Morgan fingerprint density at radius 1 is 1.32 bits per heavy atom. The van der Waals surface area contributed by atoms with Gasteiger partial charge in [0.05, 0.1) is 17.4 Å². The molecule has 0 aliphatic rings. The van der Waals surface area contributed by atoms with Gasteiger partial charge >= 0.3 is 0 Å². The number of furan rings is 1. The summed E-state index contributed by atoms with van der Waals surface area (Å²) in [6.07, 6.45) is 1.92. The van der Waals surface area contributed by atoms with Crippen molar-refractivity contribution in [1.82, 2.24) is 5.32 Å². The number of nitrogens with one attached hydrogen (secondary N) is 1. The summed E-state index contributed by atoms with van der Waals surface area (Å²) in [6, 6.07) is 11.1. The SMILES string of the molecule is CCSc1ccccc1C(=O)NC[C@@](C)(O)Cc1ccco1. The first-order valence-electron chi connectivity index (χ1n) is 7.26. The highest BCUT2D eigenvalue weighted by atomic mass is 32.2. The third-order valence-electron chi connectivity index (χ3n) is 3.20. The zero-order valence-electron chi connectivity index (χ0n) is 12.8. The maximum absolute atomic E-state index is 12.3. The van der Waals surface area contributed by atoms with Crippen LogP contribution >= 0.6 is 11.8 Å². The van der Waals surface area contributed by atoms with Crippen molar-refractivity contribution >= 4 is 17.7 Å². The lowest BCUT2D eigenvalue weighted by Gasteiger charge is -2.22. The molecule has 2 aromatic rings. The van der Waals surface area contributed by atoms with Gasteiger partial charge in [-0.2, -0.15) is 0 Å². The van der Waals surface area contributed by atoms with Crippen molar-refractivity contribution in [3.05, 3.63) is 54.0 Å². The Morgan fingerprint density at radius 3 is 2.77 bits per heavy atom. The smallest absolute Gasteiger partial charge is 0.252 e. The summed E-state index contributed by atoms with van der Waals surface area (Å²) < 4.78 is 5.24. The molecule has 0 spiro atoms. The number of amides is 1. The summed E-state index contributed by atoms with van der Waals surface area (Å²) >= 11 is 1.63. The van der Waals surface area contributed by atoms with Crippen LogP contribution in [0.2, 0.25) is 0 Å². The van der Waals surface area contributed by atoms with E-state index in [1.54, 1.807) is 37.1 Å². The van der Waals surface area contributed by atoms with Crippen LogP contribution in [0.15, 0.2) is 52.0 Å². The summed E-state index contributed by atoms with van der Waals surface area (Å²) in [5.74, 6) is 1.43. The van der Waals surface area contributed by atoms with E-state index in [4.69, 9.17) is 4.42 Å². The predicted molar refractivity (Wildman–Crippen MR) is 88.2 cm³/mol. The molecule has 0 unspecified atom stereocenters. The van der Waals surface area contributed by atoms with Gasteiger partial charge in [-0.3, -0.25) is 4.79 Å². The number of hydrogen-bond acceptors (Lipinski definition) is 4. The molecule has 0 aliphatic heterocycles. The third kappa shape index (κ3) is 4.64. The van der Waals surface area contributed by atoms with Crippen molar-refractivity contribution in [3.63, 3.8) is 0 Å². The molecule has 1 atom stereocenters. The maximum atomic E-state index is 12.3. The fourth-order valence-electron chi connectivity index (χ4n) is 2.15. The van der Waals surface area contributed by atoms with Crippen LogP contribution in [0.25, 0.3) is 0 Å². The van der Waals surface area contributed by atoms with Crippen LogP contribution < -0.4 is 5.32 Å². The van der Waals surface area contributed by atoms with Gasteiger partial charge in [-0.25, -0.2) is 0 Å². The van der Waals surface area contributed by atoms with Gasteiger partial charge in [-0.1, -0.05) is 19.1 Å². The van der Waals surface area contributed by atoms with Crippen molar-refractivity contribution < 1.29 is 14.3 Å². The summed E-state index contributed by atoms with van der Waals surface area (Å²) in [4.78, 5) is 13.3. The topological polar surface area (TPSA) is 62.5 Å². The largest absolute Gasteiger partial charge is 0.469 e. The quantitative estimate of drug-likeness (QED) is 0.770. The first kappa shape index (κ1) is 16.6. The molecule has 2 N–H and O–H groups in total. The predicted octanol–water partition coefficient (Wildman–Crippen LogP) is 3.12. The van der Waals surface area contributed by atoms with E-state index in [0.29, 0.717) is 17.7 Å². The Morgan fingerprint density at radius 2 is 2.09 bits per heavy atom. The number of carbonyl (C=O) groups is 1. The molecule has 5 heteroatoms. The van der Waals surface area contributed by atoms with Crippen LogP contribution in [-0.4, -0.2) is 28.9 Å². The second-order valence-corrected chi connectivity index (χ2v) is 6.67. The van der Waals surface area contributed by atoms with Crippen LogP contribution in [0.5, 0.6) is 0 Å². The summed E-state index contributed by atoms with van der Waals surface area (Å²) in [6.45, 7) is 3.90. The Bertz CT molecular complexity index is 608. The number of hydrogen-bond donors (Lipinski definition) is 2. The van der Waals surface area contributed by atoms with Crippen molar-refractivity contribution in [3.8, 4) is 0 Å². The van der Waals surface area contributed by atoms with E-state index in [9.17, 15) is 9.90 Å². The van der Waals surface area contributed by atoms with Crippen LogP contribution in [0, 0.1) is 0 Å². The number of rotatable bonds is 7. The lowest BCUT2D eigenvalue weighted by Crippen LogP contribution is -2.42. The molecular weight excluding hydrogens is 298 g/mol. The molecule has 4 nitrogen and oxygen atoms in total. The highest BCUT2D eigenvalue weighted by molar-refractivity contribution is 7.99. The summed E-state index contributed by atoms with van der Waals surface area (Å²) in [5, 5.41) is 13.2. The third-order valence-corrected chi connectivity index (χ3v) is 4.15. The summed E-state index contributed by atoms with van der Waals surface area (Å²) in [7, 11) is 0. The van der Waals surface area contributed by atoms with Crippen molar-refractivity contribution in [2.75, 3.05) is 12.3 Å². The van der Waals surface area contributed by atoms with Crippen LogP contribution in [-0.2, 0) is 6.42 Å². The second-order valence-electron chi connectivity index (χ2n) is 5.36. The van der Waals surface area contributed by atoms with Crippen molar-refractivity contribution in [2.24, 2.45) is 0 Å². The van der Waals surface area contributed by atoms with Gasteiger partial charge in [-0.15, -0.1) is 11.8 Å². The highest BCUT2D eigenvalue weighted by Gasteiger charge is 2.24. The molecule has 118 valence electrons. The molecule has 0 bridgehead atoms. The van der Waals surface area contributed by atoms with Gasteiger partial charge in [0.2, 0.25) is 0 Å². The molecule has 1 aromatic carbocycles. The van der Waals surface area contributed by atoms with Crippen LogP contribution in [0.1, 0.15) is 30.0 Å². The van der Waals surface area contributed by atoms with E-state index in [-0.39, 0.29) is 12.5 Å². The van der Waals surface area contributed by atoms with Crippen molar-refractivity contribution in [2.45, 2.75) is 30.8 Å². The number of carbonyl (C=O) groups excluding carboxylic acids is 1. The minimum absolute atomic E-state index is 0.164. The molecule has 0 fully saturated rings. The molecule has 22 heavy (non-hydrogen) atoms. The van der Waals surface area contributed by atoms with Crippen molar-refractivity contribution in [1.29, 1.82) is 0 Å². The molecule has 0 aliphatic carbocycles. The van der Waals surface area contributed by atoms with Gasteiger partial charge in [-0.05, 0) is 36.9 Å². The fraction of sp³-hybridized carbons (Fsp3) is 0.353. The Hall–Kier alpha value is -1.72. The van der Waals surface area contributed by atoms with E-state index in [1.165, 1.54) is 0 Å². The number of benzene rings is 1. The second kappa shape index (κ2) is 7.51. The normalized spacial score (nSPS) is 13.6. The molecule has 0 radical (unpaired) electrons. The zero-order chi connectivity index (χ0) is 16.0. The standard InChI is InChI=1S/C17H21NO3S/c1-3-22-15-9-5-4-8-14(15)16(19)18-12-17(2,20)11-13-7-6-10-21-13/h4-10,20H,3,11-12H2,1-2H3,(H,18,19)/t17-/m0/s1. The monoisotopic (exact) mass is 319 g/mol. The average Bonchev–Trinajstić information content (AvgIpc) is 2.98. The molecule has 1 heterocycles. The first-order valence-corrected chi connectivity index (χ1v) is 8.25. The number of thioether (sulfide) groups is 1.